The van der Waals surface area contributed by atoms with Crippen LogP contribution < -0.4 is 0 Å². The van der Waals surface area contributed by atoms with Crippen molar-refractivity contribution in [3.8, 4) is 0 Å². The van der Waals surface area contributed by atoms with Crippen LogP contribution in [0.2, 0.25) is 0 Å². The average Bonchev–Trinajstić information content (AvgIpc) is 3.77. The van der Waals surface area contributed by atoms with Crippen LogP contribution in [0.3, 0.4) is 0 Å². The maximum atomic E-state index is 5.45. The van der Waals surface area contributed by atoms with Crippen LogP contribution in [0.25, 0.3) is 0 Å². The maximum Gasteiger partial charge on any atom is 0.109 e. The van der Waals surface area contributed by atoms with E-state index >= 15 is 0 Å². The Morgan fingerprint density at radius 1 is 0.479 bits per heavy atom. The molecule has 0 aromatic carbocycles. The van der Waals surface area contributed by atoms with Crippen molar-refractivity contribution in [1.29, 1.82) is 0 Å². The lowest BCUT2D eigenvalue weighted by Gasteiger charge is -2.17. The van der Waals surface area contributed by atoms with Crippen molar-refractivity contribution in [3.05, 3.63) is 129 Å². The molecule has 0 aliphatic heterocycles. The molecule has 264 valence electrons. The van der Waals surface area contributed by atoms with E-state index in [-0.39, 0.29) is 16.2 Å². The molecular weight excluding hydrogens is 625 g/mol. The number of rotatable bonds is 0. The molecule has 5 rings (SSSR count). The second kappa shape index (κ2) is 18.7. The van der Waals surface area contributed by atoms with E-state index in [0.29, 0.717) is 10.8 Å². The van der Waals surface area contributed by atoms with Crippen molar-refractivity contribution in [2.24, 2.45) is 0 Å². The number of pyridine rings is 2. The van der Waals surface area contributed by atoms with Gasteiger partial charge >= 0.3 is 0 Å². The molecule has 0 aliphatic carbocycles. The largest absolute Gasteiger partial charge is 0.466 e. The molecule has 0 radical (unpaired) electrons. The quantitative estimate of drug-likeness (QED) is 0.163. The molecule has 0 saturated heterocycles. The molecule has 3 nitrogen and oxygen atoms in total. The summed E-state index contributed by atoms with van der Waals surface area (Å²) in [6.07, 6.45) is 5.50. The summed E-state index contributed by atoms with van der Waals surface area (Å²) in [7, 11) is 0. The lowest BCUT2D eigenvalue weighted by Crippen LogP contribution is -2.12. The summed E-state index contributed by atoms with van der Waals surface area (Å²) in [6, 6.07) is 22.7. The third-order valence-corrected chi connectivity index (χ3v) is 9.57. The third kappa shape index (κ3) is 17.4. The second-order valence-electron chi connectivity index (χ2n) is 17.1. The van der Waals surface area contributed by atoms with Crippen molar-refractivity contribution in [3.63, 3.8) is 0 Å². The number of furan rings is 1. The Morgan fingerprint density at radius 3 is 1.19 bits per heavy atom. The first-order chi connectivity index (χ1) is 21.9. The van der Waals surface area contributed by atoms with Gasteiger partial charge in [-0.05, 0) is 88.0 Å². The SMILES string of the molecule is CC(C)(C)c1ccccn1.CC(C)(C)c1cccs1.CC(C)(C)c1cccs1.CC(C)(C)c1ccncc1.Cc1ccc(C(C)(C)C)o1. The van der Waals surface area contributed by atoms with Crippen LogP contribution in [0.4, 0.5) is 0 Å². The third-order valence-electron chi connectivity index (χ3n) is 6.98. The van der Waals surface area contributed by atoms with Crippen molar-refractivity contribution >= 4 is 22.7 Å². The lowest BCUT2D eigenvalue weighted by atomic mass is 9.88. The summed E-state index contributed by atoms with van der Waals surface area (Å²) in [5.41, 5.74) is 3.75. The van der Waals surface area contributed by atoms with Gasteiger partial charge in [-0.2, -0.15) is 0 Å². The zero-order chi connectivity index (χ0) is 36.8. The van der Waals surface area contributed by atoms with Crippen molar-refractivity contribution in [2.45, 2.75) is 138 Å². The monoisotopic (exact) mass is 688 g/mol. The maximum absolute atomic E-state index is 5.45. The summed E-state index contributed by atoms with van der Waals surface area (Å²) in [6.45, 7) is 34.9. The van der Waals surface area contributed by atoms with Gasteiger partial charge in [-0.15, -0.1) is 22.7 Å². The molecule has 0 saturated carbocycles. The van der Waals surface area contributed by atoms with Crippen LogP contribution in [0.5, 0.6) is 0 Å². The number of aryl methyl sites for hydroxylation is 1. The van der Waals surface area contributed by atoms with E-state index in [1.54, 1.807) is 0 Å². The molecule has 5 heteroatoms. The van der Waals surface area contributed by atoms with E-state index in [1.165, 1.54) is 15.3 Å². The molecule has 48 heavy (non-hydrogen) atoms. The highest BCUT2D eigenvalue weighted by molar-refractivity contribution is 7.10. The number of nitrogens with zero attached hydrogens (tertiary/aromatic N) is 2. The molecule has 5 aromatic heterocycles. The Balaban J connectivity index is 0.000000300. The van der Waals surface area contributed by atoms with Gasteiger partial charge in [0, 0.05) is 44.9 Å². The van der Waals surface area contributed by atoms with Gasteiger partial charge in [-0.1, -0.05) is 122 Å². The van der Waals surface area contributed by atoms with E-state index < -0.39 is 0 Å². The standard InChI is InChI=1S/2C9H13N.C9H14O.2C8H12S/c1-9(2,3)8-4-6-10-7-5-8;1-9(2,3)8-6-4-5-7-10-8;1-7-5-6-8(10-7)9(2,3)4;2*1-8(2,3)7-5-4-6-9-7/h2*4-7H,1-3H3;5-6H,1-4H3;2*4-6H,1-3H3. The zero-order valence-electron chi connectivity index (χ0n) is 32.9. The lowest BCUT2D eigenvalue weighted by molar-refractivity contribution is 0.395. The van der Waals surface area contributed by atoms with E-state index in [9.17, 15) is 0 Å². The molecular formula is C43H64N2OS2. The Morgan fingerprint density at radius 2 is 0.979 bits per heavy atom. The molecule has 0 unspecified atom stereocenters. The van der Waals surface area contributed by atoms with E-state index in [4.69, 9.17) is 4.42 Å². The van der Waals surface area contributed by atoms with Crippen LogP contribution in [0.1, 0.15) is 136 Å². The highest BCUT2D eigenvalue weighted by atomic mass is 32.1. The zero-order valence-corrected chi connectivity index (χ0v) is 34.5. The molecule has 0 atom stereocenters. The minimum absolute atomic E-state index is 0.147. The van der Waals surface area contributed by atoms with Crippen LogP contribution in [0.15, 0.2) is 100 Å². The number of aromatic nitrogens is 2. The van der Waals surface area contributed by atoms with E-state index in [0.717, 1.165) is 17.2 Å². The van der Waals surface area contributed by atoms with Crippen LogP contribution in [-0.4, -0.2) is 9.97 Å². The van der Waals surface area contributed by atoms with Gasteiger partial charge in [0.25, 0.3) is 0 Å². The van der Waals surface area contributed by atoms with Crippen LogP contribution >= 0.6 is 22.7 Å². The van der Waals surface area contributed by atoms with Gasteiger partial charge in [0.1, 0.15) is 11.5 Å². The predicted molar refractivity (Wildman–Crippen MR) is 214 cm³/mol. The molecule has 0 spiro atoms. The first-order valence-electron chi connectivity index (χ1n) is 16.9. The normalized spacial score (nSPS) is 11.8. The minimum atomic E-state index is 0.147. The van der Waals surface area contributed by atoms with Gasteiger partial charge in [0.05, 0.1) is 0 Å². The Hall–Kier alpha value is -3.02. The number of thiophene rings is 2. The molecule has 0 N–H and O–H groups in total. The van der Waals surface area contributed by atoms with E-state index in [1.807, 2.05) is 72.5 Å². The van der Waals surface area contributed by atoms with Crippen LogP contribution in [-0.2, 0) is 27.1 Å². The summed E-state index contributed by atoms with van der Waals surface area (Å²) in [5.74, 6) is 2.05. The fourth-order valence-electron chi connectivity index (χ4n) is 3.91. The summed E-state index contributed by atoms with van der Waals surface area (Å²) < 4.78 is 5.45. The highest BCUT2D eigenvalue weighted by Gasteiger charge is 2.17. The Bertz CT molecular complexity index is 1410. The van der Waals surface area contributed by atoms with Gasteiger partial charge < -0.3 is 4.42 Å². The Kier molecular flexibility index (Phi) is 16.7. The molecule has 5 heterocycles. The first kappa shape index (κ1) is 43.0. The fraction of sp³-hybridized carbons (Fsp3) is 0.488. The van der Waals surface area contributed by atoms with E-state index in [2.05, 4.69) is 167 Å². The molecule has 0 aliphatic rings. The second-order valence-corrected chi connectivity index (χ2v) is 19.0. The van der Waals surface area contributed by atoms with Crippen LogP contribution in [0, 0.1) is 6.92 Å². The van der Waals surface area contributed by atoms with Crippen molar-refractivity contribution in [2.75, 3.05) is 0 Å². The van der Waals surface area contributed by atoms with Gasteiger partial charge in [-0.25, -0.2) is 0 Å². The number of hydrogen-bond donors (Lipinski definition) is 0. The number of hydrogen-bond acceptors (Lipinski definition) is 5. The van der Waals surface area contributed by atoms with Gasteiger partial charge in [0.2, 0.25) is 0 Å². The summed E-state index contributed by atoms with van der Waals surface area (Å²) >= 11 is 3.66. The van der Waals surface area contributed by atoms with Gasteiger partial charge in [0.15, 0.2) is 0 Å². The predicted octanol–water partition coefficient (Wildman–Crippen LogP) is 13.7. The molecule has 0 fully saturated rings. The fourth-order valence-corrected chi connectivity index (χ4v) is 5.54. The smallest absolute Gasteiger partial charge is 0.109 e. The average molecular weight is 689 g/mol. The highest BCUT2D eigenvalue weighted by Crippen LogP contribution is 2.27. The van der Waals surface area contributed by atoms with Crippen molar-refractivity contribution in [1.82, 2.24) is 9.97 Å². The van der Waals surface area contributed by atoms with Gasteiger partial charge in [-0.3, -0.25) is 9.97 Å². The Labute approximate surface area is 302 Å². The van der Waals surface area contributed by atoms with Crippen molar-refractivity contribution < 1.29 is 4.42 Å². The topological polar surface area (TPSA) is 38.9 Å². The molecule has 5 aromatic rings. The minimum Gasteiger partial charge on any atom is -0.466 e. The first-order valence-corrected chi connectivity index (χ1v) is 18.6. The molecule has 0 amide bonds. The summed E-state index contributed by atoms with van der Waals surface area (Å²) in [5, 5.41) is 4.25. The molecule has 0 bridgehead atoms. The summed E-state index contributed by atoms with van der Waals surface area (Å²) in [4.78, 5) is 11.1.